The van der Waals surface area contributed by atoms with Crippen molar-refractivity contribution >= 4 is 29.3 Å². The fourth-order valence-electron chi connectivity index (χ4n) is 0.984. The lowest BCUT2D eigenvalue weighted by molar-refractivity contribution is -0.143. The molecule has 0 aliphatic heterocycles. The number of amides is 1. The van der Waals surface area contributed by atoms with Crippen LogP contribution in [0.2, 0.25) is 0 Å². The molecule has 1 heterocycles. The number of carbonyl (C=O) groups is 2. The van der Waals surface area contributed by atoms with Crippen molar-refractivity contribution in [2.75, 3.05) is 26.9 Å². The molecule has 98 valence electrons. The molecular formula is C11H14N2O4S. The molecule has 1 aromatic heterocycles. The van der Waals surface area contributed by atoms with E-state index in [0.29, 0.717) is 18.2 Å². The molecule has 0 radical (unpaired) electrons. The summed E-state index contributed by atoms with van der Waals surface area (Å²) in [6.45, 7) is 0.510. The van der Waals surface area contributed by atoms with E-state index in [1.54, 1.807) is 11.6 Å². The summed E-state index contributed by atoms with van der Waals surface area (Å²) in [5, 5.41) is 5.04. The summed E-state index contributed by atoms with van der Waals surface area (Å²) in [6.07, 6.45) is 4.41. The van der Waals surface area contributed by atoms with Gasteiger partial charge in [0.25, 0.3) is 5.91 Å². The molecule has 0 aliphatic rings. The first kappa shape index (κ1) is 14.3. The average molecular weight is 270 g/mol. The van der Waals surface area contributed by atoms with Crippen LogP contribution in [0.15, 0.2) is 17.7 Å². The van der Waals surface area contributed by atoms with Gasteiger partial charge in [0.2, 0.25) is 0 Å². The van der Waals surface area contributed by atoms with Crippen LogP contribution in [0.25, 0.3) is 6.08 Å². The maximum atomic E-state index is 11.2. The van der Waals surface area contributed by atoms with Gasteiger partial charge in [-0.2, -0.15) is 0 Å². The Labute approximate surface area is 109 Å². The second kappa shape index (κ2) is 8.37. The van der Waals surface area contributed by atoms with Crippen molar-refractivity contribution in [3.8, 4) is 0 Å². The van der Waals surface area contributed by atoms with Gasteiger partial charge in [-0.15, -0.1) is 11.3 Å². The molecule has 1 amide bonds. The molecule has 7 heteroatoms. The van der Waals surface area contributed by atoms with E-state index in [1.165, 1.54) is 30.6 Å². The minimum absolute atomic E-state index is 0.301. The van der Waals surface area contributed by atoms with Gasteiger partial charge in [0.15, 0.2) is 6.61 Å². The second-order valence-electron chi connectivity index (χ2n) is 3.15. The van der Waals surface area contributed by atoms with E-state index in [4.69, 9.17) is 9.47 Å². The average Bonchev–Trinajstić information content (AvgIpc) is 2.87. The standard InChI is InChI=1S/C11H14N2O4S/c1-16-6-4-12-9(14)8-17-11(15)3-2-10-13-5-7-18-10/h2-3,5,7H,4,6,8H2,1H3,(H,12,14)/b3-2+. The quantitative estimate of drug-likeness (QED) is 0.442. The van der Waals surface area contributed by atoms with Gasteiger partial charge in [0.1, 0.15) is 5.01 Å². The van der Waals surface area contributed by atoms with E-state index in [1.807, 2.05) is 0 Å². The zero-order valence-corrected chi connectivity index (χ0v) is 10.7. The minimum Gasteiger partial charge on any atom is -0.452 e. The molecule has 0 aromatic carbocycles. The molecule has 1 N–H and O–H groups in total. The Morgan fingerprint density at radius 2 is 2.39 bits per heavy atom. The van der Waals surface area contributed by atoms with E-state index in [2.05, 4.69) is 10.3 Å². The molecule has 0 bridgehead atoms. The Hall–Kier alpha value is -1.73. The van der Waals surface area contributed by atoms with Gasteiger partial charge in [-0.25, -0.2) is 9.78 Å². The lowest BCUT2D eigenvalue weighted by Gasteiger charge is -2.04. The van der Waals surface area contributed by atoms with Gasteiger partial charge < -0.3 is 14.8 Å². The number of rotatable bonds is 7. The van der Waals surface area contributed by atoms with Crippen LogP contribution in [0.3, 0.4) is 0 Å². The van der Waals surface area contributed by atoms with Crippen molar-refractivity contribution in [2.45, 2.75) is 0 Å². The lowest BCUT2D eigenvalue weighted by atomic mass is 10.5. The smallest absolute Gasteiger partial charge is 0.331 e. The number of ether oxygens (including phenoxy) is 2. The third-order valence-electron chi connectivity index (χ3n) is 1.79. The number of nitrogens with one attached hydrogen (secondary N) is 1. The monoisotopic (exact) mass is 270 g/mol. The molecule has 18 heavy (non-hydrogen) atoms. The fraction of sp³-hybridized carbons (Fsp3) is 0.364. The van der Waals surface area contributed by atoms with Crippen molar-refractivity contribution < 1.29 is 19.1 Å². The summed E-state index contributed by atoms with van der Waals surface area (Å²) in [5.74, 6) is -0.935. The number of aromatic nitrogens is 1. The first-order valence-electron chi connectivity index (χ1n) is 5.22. The first-order valence-corrected chi connectivity index (χ1v) is 6.10. The van der Waals surface area contributed by atoms with Crippen LogP contribution in [-0.2, 0) is 19.1 Å². The molecule has 0 unspecified atom stereocenters. The van der Waals surface area contributed by atoms with Crippen molar-refractivity contribution in [1.82, 2.24) is 10.3 Å². The van der Waals surface area contributed by atoms with Gasteiger partial charge in [-0.3, -0.25) is 4.79 Å². The van der Waals surface area contributed by atoms with Crippen LogP contribution in [0.1, 0.15) is 5.01 Å². The van der Waals surface area contributed by atoms with Gasteiger partial charge in [0, 0.05) is 31.3 Å². The van der Waals surface area contributed by atoms with Gasteiger partial charge in [-0.05, 0) is 6.08 Å². The highest BCUT2D eigenvalue weighted by Crippen LogP contribution is 2.05. The lowest BCUT2D eigenvalue weighted by Crippen LogP contribution is -2.31. The van der Waals surface area contributed by atoms with Crippen LogP contribution in [-0.4, -0.2) is 43.7 Å². The molecule has 6 nitrogen and oxygen atoms in total. The van der Waals surface area contributed by atoms with Crippen molar-refractivity contribution in [3.05, 3.63) is 22.7 Å². The third kappa shape index (κ3) is 6.12. The Balaban J connectivity index is 2.18. The van der Waals surface area contributed by atoms with Crippen LogP contribution < -0.4 is 5.32 Å². The molecule has 0 atom stereocenters. The summed E-state index contributed by atoms with van der Waals surface area (Å²) in [7, 11) is 1.54. The van der Waals surface area contributed by atoms with E-state index < -0.39 is 5.97 Å². The Bertz CT molecular complexity index is 403. The largest absolute Gasteiger partial charge is 0.452 e. The Morgan fingerprint density at radius 1 is 1.56 bits per heavy atom. The Morgan fingerprint density at radius 3 is 3.06 bits per heavy atom. The predicted octanol–water partition coefficient (Wildman–Crippen LogP) is 0.462. The summed E-state index contributed by atoms with van der Waals surface area (Å²) >= 11 is 1.40. The van der Waals surface area contributed by atoms with Crippen molar-refractivity contribution in [3.63, 3.8) is 0 Å². The molecule has 0 aliphatic carbocycles. The van der Waals surface area contributed by atoms with Crippen LogP contribution in [0, 0.1) is 0 Å². The highest BCUT2D eigenvalue weighted by atomic mass is 32.1. The zero-order valence-electron chi connectivity index (χ0n) is 9.92. The van der Waals surface area contributed by atoms with E-state index in [-0.39, 0.29) is 12.5 Å². The number of methoxy groups -OCH3 is 1. The summed E-state index contributed by atoms with van der Waals surface area (Å²) in [4.78, 5) is 26.4. The highest BCUT2D eigenvalue weighted by molar-refractivity contribution is 7.10. The molecular weight excluding hydrogens is 256 g/mol. The predicted molar refractivity (Wildman–Crippen MR) is 67.0 cm³/mol. The molecule has 1 aromatic rings. The normalized spacial score (nSPS) is 10.5. The summed E-state index contributed by atoms with van der Waals surface area (Å²) < 4.78 is 9.49. The summed E-state index contributed by atoms with van der Waals surface area (Å²) in [5.41, 5.74) is 0. The molecule has 1 rings (SSSR count). The highest BCUT2D eigenvalue weighted by Gasteiger charge is 2.04. The van der Waals surface area contributed by atoms with E-state index >= 15 is 0 Å². The molecule has 0 saturated heterocycles. The fourth-order valence-corrected chi connectivity index (χ4v) is 1.51. The van der Waals surface area contributed by atoms with Crippen LogP contribution >= 0.6 is 11.3 Å². The van der Waals surface area contributed by atoms with Gasteiger partial charge in [0.05, 0.1) is 6.61 Å². The number of nitrogens with zero attached hydrogens (tertiary/aromatic N) is 1. The minimum atomic E-state index is -0.577. The van der Waals surface area contributed by atoms with Crippen LogP contribution in [0.4, 0.5) is 0 Å². The number of carbonyl (C=O) groups excluding carboxylic acids is 2. The molecule has 0 fully saturated rings. The first-order chi connectivity index (χ1) is 8.72. The van der Waals surface area contributed by atoms with Gasteiger partial charge in [-0.1, -0.05) is 0 Å². The van der Waals surface area contributed by atoms with Crippen molar-refractivity contribution in [1.29, 1.82) is 0 Å². The number of hydrogen-bond donors (Lipinski definition) is 1. The van der Waals surface area contributed by atoms with E-state index in [0.717, 1.165) is 0 Å². The Kier molecular flexibility index (Phi) is 6.67. The molecule has 0 saturated carbocycles. The van der Waals surface area contributed by atoms with Gasteiger partial charge >= 0.3 is 5.97 Å². The van der Waals surface area contributed by atoms with Crippen LogP contribution in [0.5, 0.6) is 0 Å². The number of thiazole rings is 1. The molecule has 0 spiro atoms. The number of hydrogen-bond acceptors (Lipinski definition) is 6. The number of esters is 1. The maximum Gasteiger partial charge on any atom is 0.331 e. The topological polar surface area (TPSA) is 77.5 Å². The van der Waals surface area contributed by atoms with E-state index in [9.17, 15) is 9.59 Å². The summed E-state index contributed by atoms with van der Waals surface area (Å²) in [6, 6.07) is 0. The maximum absolute atomic E-state index is 11.2. The third-order valence-corrected chi connectivity index (χ3v) is 2.53. The van der Waals surface area contributed by atoms with Crippen molar-refractivity contribution in [2.24, 2.45) is 0 Å². The SMILES string of the molecule is COCCNC(=O)COC(=O)/C=C/c1nccs1. The zero-order chi connectivity index (χ0) is 13.2. The second-order valence-corrected chi connectivity index (χ2v) is 4.08.